The predicted molar refractivity (Wildman–Crippen MR) is 75.0 cm³/mol. The summed E-state index contributed by atoms with van der Waals surface area (Å²) in [7, 11) is 1.83. The predicted octanol–water partition coefficient (Wildman–Crippen LogP) is 2.79. The number of carboxylic acid groups (broad SMARTS) is 1. The molecule has 1 N–H and O–H groups in total. The van der Waals surface area contributed by atoms with E-state index in [2.05, 4.69) is 0 Å². The zero-order chi connectivity index (χ0) is 13.7. The van der Waals surface area contributed by atoms with Gasteiger partial charge in [-0.2, -0.15) is 0 Å². The number of rotatable bonds is 5. The molecule has 0 radical (unpaired) electrons. The lowest BCUT2D eigenvalue weighted by atomic mass is 9.97. The lowest BCUT2D eigenvalue weighted by molar-refractivity contribution is -0.138. The number of benzene rings is 2. The van der Waals surface area contributed by atoms with E-state index >= 15 is 0 Å². The molecule has 2 aromatic rings. The normalized spacial score (nSPS) is 10.9. The van der Waals surface area contributed by atoms with Crippen molar-refractivity contribution in [1.29, 1.82) is 0 Å². The molecule has 98 valence electrons. The molecule has 0 aliphatic rings. The van der Waals surface area contributed by atoms with Gasteiger partial charge in [-0.3, -0.25) is 9.69 Å². The minimum atomic E-state index is -0.820. The van der Waals surface area contributed by atoms with Gasteiger partial charge >= 0.3 is 5.97 Å². The molecule has 0 fully saturated rings. The maximum Gasteiger partial charge on any atom is 0.317 e. The molecule has 2 aromatic carbocycles. The van der Waals surface area contributed by atoms with Crippen LogP contribution >= 0.6 is 0 Å². The summed E-state index contributed by atoms with van der Waals surface area (Å²) in [6.07, 6.45) is 0. The van der Waals surface area contributed by atoms with E-state index in [9.17, 15) is 4.79 Å². The van der Waals surface area contributed by atoms with Crippen LogP contribution in [0.5, 0.6) is 0 Å². The van der Waals surface area contributed by atoms with Crippen LogP contribution in [-0.4, -0.2) is 29.6 Å². The summed E-state index contributed by atoms with van der Waals surface area (Å²) in [6, 6.07) is 19.9. The fourth-order valence-electron chi connectivity index (χ4n) is 2.28. The van der Waals surface area contributed by atoms with E-state index in [-0.39, 0.29) is 12.6 Å². The zero-order valence-electron chi connectivity index (χ0n) is 10.9. The SMILES string of the molecule is CN(CC(=O)O)C(c1ccccc1)c1ccccc1. The molecule has 0 unspecified atom stereocenters. The number of hydrogen-bond acceptors (Lipinski definition) is 2. The lowest BCUT2D eigenvalue weighted by Crippen LogP contribution is -2.30. The van der Waals surface area contributed by atoms with Gasteiger partial charge in [-0.05, 0) is 18.2 Å². The van der Waals surface area contributed by atoms with Gasteiger partial charge in [0.15, 0.2) is 0 Å². The summed E-state index contributed by atoms with van der Waals surface area (Å²) in [6.45, 7) is 0.00839. The van der Waals surface area contributed by atoms with Crippen LogP contribution in [0.1, 0.15) is 17.2 Å². The molecule has 0 heterocycles. The first-order chi connectivity index (χ1) is 9.18. The number of likely N-dealkylation sites (N-methyl/N-ethyl adjacent to an activating group) is 1. The van der Waals surface area contributed by atoms with Gasteiger partial charge in [0.2, 0.25) is 0 Å². The van der Waals surface area contributed by atoms with Crippen molar-refractivity contribution < 1.29 is 9.90 Å². The Hall–Kier alpha value is -2.13. The summed E-state index contributed by atoms with van der Waals surface area (Å²) < 4.78 is 0. The van der Waals surface area contributed by atoms with Crippen LogP contribution in [0.25, 0.3) is 0 Å². The highest BCUT2D eigenvalue weighted by molar-refractivity contribution is 5.69. The Labute approximate surface area is 113 Å². The van der Waals surface area contributed by atoms with Crippen LogP contribution < -0.4 is 0 Å². The number of aliphatic carboxylic acids is 1. The second-order valence-electron chi connectivity index (χ2n) is 4.53. The molecule has 3 heteroatoms. The highest BCUT2D eigenvalue weighted by Crippen LogP contribution is 2.26. The number of hydrogen-bond donors (Lipinski definition) is 1. The third-order valence-electron chi connectivity index (χ3n) is 3.06. The molecule has 2 rings (SSSR count). The Morgan fingerprint density at radius 1 is 1.00 bits per heavy atom. The Morgan fingerprint density at radius 3 is 1.79 bits per heavy atom. The first kappa shape index (κ1) is 13.3. The van der Waals surface area contributed by atoms with Gasteiger partial charge in [0.1, 0.15) is 0 Å². The van der Waals surface area contributed by atoms with Crippen molar-refractivity contribution in [3.8, 4) is 0 Å². The molecule has 0 aliphatic heterocycles. The van der Waals surface area contributed by atoms with Crippen molar-refractivity contribution >= 4 is 5.97 Å². The minimum Gasteiger partial charge on any atom is -0.480 e. The van der Waals surface area contributed by atoms with E-state index in [1.165, 1.54) is 0 Å². The van der Waals surface area contributed by atoms with Gasteiger partial charge in [-0.1, -0.05) is 60.7 Å². The summed E-state index contributed by atoms with van der Waals surface area (Å²) in [4.78, 5) is 12.8. The molecule has 0 bridgehead atoms. The minimum absolute atomic E-state index is 0.00839. The van der Waals surface area contributed by atoms with E-state index in [1.807, 2.05) is 72.6 Å². The second-order valence-corrected chi connectivity index (χ2v) is 4.53. The molecule has 0 aliphatic carbocycles. The summed E-state index contributed by atoms with van der Waals surface area (Å²) in [5.74, 6) is -0.820. The molecule has 0 spiro atoms. The van der Waals surface area contributed by atoms with Crippen molar-refractivity contribution in [2.45, 2.75) is 6.04 Å². The topological polar surface area (TPSA) is 40.5 Å². The number of carboxylic acids is 1. The summed E-state index contributed by atoms with van der Waals surface area (Å²) in [5, 5.41) is 8.98. The van der Waals surface area contributed by atoms with Crippen LogP contribution in [-0.2, 0) is 4.79 Å². The number of carbonyl (C=O) groups is 1. The average molecular weight is 255 g/mol. The van der Waals surface area contributed by atoms with Crippen molar-refractivity contribution in [3.05, 3.63) is 71.8 Å². The molecule has 0 atom stereocenters. The highest BCUT2D eigenvalue weighted by Gasteiger charge is 2.20. The second kappa shape index (κ2) is 6.16. The largest absolute Gasteiger partial charge is 0.480 e. The fourth-order valence-corrected chi connectivity index (χ4v) is 2.28. The smallest absolute Gasteiger partial charge is 0.317 e. The van der Waals surface area contributed by atoms with Crippen LogP contribution in [0.4, 0.5) is 0 Å². The Bertz CT molecular complexity index is 485. The number of nitrogens with zero attached hydrogens (tertiary/aromatic N) is 1. The van der Waals surface area contributed by atoms with E-state index in [4.69, 9.17) is 5.11 Å². The van der Waals surface area contributed by atoms with E-state index in [1.54, 1.807) is 0 Å². The van der Waals surface area contributed by atoms with Crippen molar-refractivity contribution in [3.63, 3.8) is 0 Å². The summed E-state index contributed by atoms with van der Waals surface area (Å²) in [5.41, 5.74) is 2.19. The molecule has 0 aromatic heterocycles. The molecule has 0 saturated carbocycles. The van der Waals surface area contributed by atoms with Crippen LogP contribution in [0, 0.1) is 0 Å². The zero-order valence-corrected chi connectivity index (χ0v) is 10.9. The van der Waals surface area contributed by atoms with Gasteiger partial charge < -0.3 is 5.11 Å². The molecule has 0 saturated heterocycles. The third-order valence-corrected chi connectivity index (χ3v) is 3.06. The fraction of sp³-hybridized carbons (Fsp3) is 0.188. The first-order valence-electron chi connectivity index (χ1n) is 6.20. The average Bonchev–Trinajstić information content (AvgIpc) is 2.40. The van der Waals surface area contributed by atoms with Gasteiger partial charge in [-0.15, -0.1) is 0 Å². The van der Waals surface area contributed by atoms with E-state index in [0.29, 0.717) is 0 Å². The maximum absolute atomic E-state index is 10.9. The Balaban J connectivity index is 2.37. The quantitative estimate of drug-likeness (QED) is 0.893. The van der Waals surface area contributed by atoms with E-state index in [0.717, 1.165) is 11.1 Å². The lowest BCUT2D eigenvalue weighted by Gasteiger charge is -2.27. The molecular formula is C16H17NO2. The first-order valence-corrected chi connectivity index (χ1v) is 6.20. The molecule has 0 amide bonds. The van der Waals surface area contributed by atoms with Crippen LogP contribution in [0.15, 0.2) is 60.7 Å². The monoisotopic (exact) mass is 255 g/mol. The van der Waals surface area contributed by atoms with Crippen molar-refractivity contribution in [2.75, 3.05) is 13.6 Å². The van der Waals surface area contributed by atoms with E-state index < -0.39 is 5.97 Å². The van der Waals surface area contributed by atoms with Crippen molar-refractivity contribution in [1.82, 2.24) is 4.90 Å². The van der Waals surface area contributed by atoms with Crippen LogP contribution in [0.3, 0.4) is 0 Å². The highest BCUT2D eigenvalue weighted by atomic mass is 16.4. The molecular weight excluding hydrogens is 238 g/mol. The Kier molecular flexibility index (Phi) is 4.31. The summed E-state index contributed by atoms with van der Waals surface area (Å²) >= 11 is 0. The van der Waals surface area contributed by atoms with Gasteiger partial charge in [0.25, 0.3) is 0 Å². The van der Waals surface area contributed by atoms with Crippen molar-refractivity contribution in [2.24, 2.45) is 0 Å². The Morgan fingerprint density at radius 2 is 1.42 bits per heavy atom. The van der Waals surface area contributed by atoms with Gasteiger partial charge in [0.05, 0.1) is 12.6 Å². The standard InChI is InChI=1S/C16H17NO2/c1-17(12-15(18)19)16(13-8-4-2-5-9-13)14-10-6-3-7-11-14/h2-11,16H,12H2,1H3,(H,18,19). The third kappa shape index (κ3) is 3.42. The maximum atomic E-state index is 10.9. The molecule has 3 nitrogen and oxygen atoms in total. The van der Waals surface area contributed by atoms with Crippen LogP contribution in [0.2, 0.25) is 0 Å². The van der Waals surface area contributed by atoms with Gasteiger partial charge in [-0.25, -0.2) is 0 Å². The molecule has 19 heavy (non-hydrogen) atoms. The van der Waals surface area contributed by atoms with Gasteiger partial charge in [0, 0.05) is 0 Å².